The van der Waals surface area contributed by atoms with Crippen LogP contribution in [0.1, 0.15) is 35.3 Å². The Morgan fingerprint density at radius 3 is 2.04 bits per heavy atom. The molecule has 2 aromatic rings. The minimum atomic E-state index is -3.46. The maximum atomic E-state index is 12.1. The molecule has 0 unspecified atom stereocenters. The molecular weight excluding hydrogens is 350 g/mol. The monoisotopic (exact) mass is 373 g/mol. The zero-order valence-electron chi connectivity index (χ0n) is 15.4. The van der Waals surface area contributed by atoms with Gasteiger partial charge in [0.1, 0.15) is 0 Å². The molecule has 0 fully saturated rings. The SMILES string of the molecule is CCc1ccc(C(=O)N/N=C(/C)c2ccc(S(=O)(=O)N(C)C)cc2)cc1. The predicted octanol–water partition coefficient (Wildman–Crippen LogP) is 2.65. The summed E-state index contributed by atoms with van der Waals surface area (Å²) in [6, 6.07) is 13.7. The molecular formula is C19H23N3O3S. The van der Waals surface area contributed by atoms with Crippen molar-refractivity contribution in [1.82, 2.24) is 9.73 Å². The van der Waals surface area contributed by atoms with Gasteiger partial charge in [-0.25, -0.2) is 18.1 Å². The molecule has 7 heteroatoms. The van der Waals surface area contributed by atoms with Gasteiger partial charge in [0, 0.05) is 19.7 Å². The van der Waals surface area contributed by atoms with Crippen molar-refractivity contribution in [3.05, 3.63) is 65.2 Å². The minimum absolute atomic E-state index is 0.207. The number of hydrogen-bond donors (Lipinski definition) is 1. The number of carbonyl (C=O) groups is 1. The summed E-state index contributed by atoms with van der Waals surface area (Å²) in [5.41, 5.74) is 5.52. The standard InChI is InChI=1S/C19H23N3O3S/c1-5-15-6-8-17(9-7-15)19(23)21-20-14(2)16-10-12-18(13-11-16)26(24,25)22(3)4/h6-13H,5H2,1-4H3,(H,21,23)/b20-14-. The van der Waals surface area contributed by atoms with E-state index in [1.165, 1.54) is 26.2 Å². The van der Waals surface area contributed by atoms with Crippen molar-refractivity contribution < 1.29 is 13.2 Å². The van der Waals surface area contributed by atoms with Gasteiger partial charge in [0.25, 0.3) is 5.91 Å². The molecule has 0 saturated carbocycles. The number of amides is 1. The highest BCUT2D eigenvalue weighted by Crippen LogP contribution is 2.14. The van der Waals surface area contributed by atoms with Gasteiger partial charge >= 0.3 is 0 Å². The van der Waals surface area contributed by atoms with Gasteiger partial charge in [-0.3, -0.25) is 4.79 Å². The number of benzene rings is 2. The van der Waals surface area contributed by atoms with E-state index >= 15 is 0 Å². The molecule has 1 amide bonds. The zero-order valence-corrected chi connectivity index (χ0v) is 16.2. The third-order valence-corrected chi connectivity index (χ3v) is 5.83. The molecule has 2 aromatic carbocycles. The van der Waals surface area contributed by atoms with Crippen LogP contribution in [0, 0.1) is 0 Å². The summed E-state index contributed by atoms with van der Waals surface area (Å²) >= 11 is 0. The van der Waals surface area contributed by atoms with Crippen LogP contribution in [-0.2, 0) is 16.4 Å². The highest BCUT2D eigenvalue weighted by atomic mass is 32.2. The summed E-state index contributed by atoms with van der Waals surface area (Å²) in [6.45, 7) is 3.80. The fourth-order valence-electron chi connectivity index (χ4n) is 2.23. The van der Waals surface area contributed by atoms with Crippen molar-refractivity contribution >= 4 is 21.6 Å². The first kappa shape index (κ1) is 19.8. The van der Waals surface area contributed by atoms with Crippen molar-refractivity contribution in [2.45, 2.75) is 25.2 Å². The highest BCUT2D eigenvalue weighted by molar-refractivity contribution is 7.89. The second kappa shape index (κ2) is 8.25. The van der Waals surface area contributed by atoms with Crippen LogP contribution in [0.15, 0.2) is 58.5 Å². The molecule has 0 heterocycles. The summed E-state index contributed by atoms with van der Waals surface area (Å²) in [5.74, 6) is -0.293. The Hall–Kier alpha value is -2.51. The number of carbonyl (C=O) groups excluding carboxylic acids is 1. The largest absolute Gasteiger partial charge is 0.271 e. The second-order valence-electron chi connectivity index (χ2n) is 6.00. The molecule has 0 spiro atoms. The molecule has 0 aromatic heterocycles. The van der Waals surface area contributed by atoms with Crippen LogP contribution in [0.25, 0.3) is 0 Å². The Labute approximate surface area is 154 Å². The van der Waals surface area contributed by atoms with Gasteiger partial charge in [-0.15, -0.1) is 0 Å². The maximum Gasteiger partial charge on any atom is 0.271 e. The van der Waals surface area contributed by atoms with Gasteiger partial charge in [-0.2, -0.15) is 5.10 Å². The molecule has 2 rings (SSSR count). The third kappa shape index (κ3) is 4.56. The van der Waals surface area contributed by atoms with E-state index < -0.39 is 10.0 Å². The number of sulfonamides is 1. The normalized spacial score (nSPS) is 12.3. The van der Waals surface area contributed by atoms with Crippen LogP contribution < -0.4 is 5.43 Å². The number of aryl methyl sites for hydroxylation is 1. The molecule has 0 bridgehead atoms. The summed E-state index contributed by atoms with van der Waals surface area (Å²) in [6.07, 6.45) is 0.915. The highest BCUT2D eigenvalue weighted by Gasteiger charge is 2.16. The molecule has 26 heavy (non-hydrogen) atoms. The third-order valence-electron chi connectivity index (χ3n) is 4.00. The minimum Gasteiger partial charge on any atom is -0.267 e. The van der Waals surface area contributed by atoms with Gasteiger partial charge in [0.05, 0.1) is 10.6 Å². The molecule has 1 N–H and O–H groups in total. The van der Waals surface area contributed by atoms with Crippen molar-refractivity contribution in [3.63, 3.8) is 0 Å². The van der Waals surface area contributed by atoms with Gasteiger partial charge in [-0.05, 0) is 48.7 Å². The fourth-order valence-corrected chi connectivity index (χ4v) is 3.14. The average molecular weight is 373 g/mol. The van der Waals surface area contributed by atoms with Gasteiger partial charge in [0.15, 0.2) is 0 Å². The van der Waals surface area contributed by atoms with Gasteiger partial charge < -0.3 is 0 Å². The van der Waals surface area contributed by atoms with Crippen LogP contribution >= 0.6 is 0 Å². The van der Waals surface area contributed by atoms with Crippen LogP contribution in [0.5, 0.6) is 0 Å². The van der Waals surface area contributed by atoms with E-state index in [1.54, 1.807) is 31.2 Å². The van der Waals surface area contributed by atoms with E-state index in [9.17, 15) is 13.2 Å². The lowest BCUT2D eigenvalue weighted by Gasteiger charge is -2.11. The van der Waals surface area contributed by atoms with E-state index in [-0.39, 0.29) is 10.8 Å². The number of nitrogens with one attached hydrogen (secondary N) is 1. The molecule has 0 radical (unpaired) electrons. The topological polar surface area (TPSA) is 78.8 Å². The lowest BCUT2D eigenvalue weighted by Crippen LogP contribution is -2.22. The van der Waals surface area contributed by atoms with Crippen LogP contribution in [0.2, 0.25) is 0 Å². The Morgan fingerprint density at radius 1 is 1.00 bits per heavy atom. The van der Waals surface area contributed by atoms with Crippen LogP contribution in [-0.4, -0.2) is 38.4 Å². The average Bonchev–Trinajstić information content (AvgIpc) is 2.65. The molecule has 0 aliphatic carbocycles. The predicted molar refractivity (Wildman–Crippen MR) is 103 cm³/mol. The number of hydrazone groups is 1. The summed E-state index contributed by atoms with van der Waals surface area (Å²) in [4.78, 5) is 12.3. The maximum absolute atomic E-state index is 12.1. The molecule has 6 nitrogen and oxygen atoms in total. The fraction of sp³-hybridized carbons (Fsp3) is 0.263. The van der Waals surface area contributed by atoms with Crippen LogP contribution in [0.3, 0.4) is 0 Å². The molecule has 0 atom stereocenters. The van der Waals surface area contributed by atoms with Crippen molar-refractivity contribution in [2.75, 3.05) is 14.1 Å². The smallest absolute Gasteiger partial charge is 0.267 e. The number of hydrogen-bond acceptors (Lipinski definition) is 4. The molecule has 0 aliphatic rings. The van der Waals surface area contributed by atoms with Crippen molar-refractivity contribution in [1.29, 1.82) is 0 Å². The summed E-state index contributed by atoms with van der Waals surface area (Å²) in [7, 11) is -0.494. The van der Waals surface area contributed by atoms with E-state index in [0.29, 0.717) is 11.3 Å². The Kier molecular flexibility index (Phi) is 6.28. The summed E-state index contributed by atoms with van der Waals surface area (Å²) < 4.78 is 25.3. The first-order valence-corrected chi connectivity index (χ1v) is 9.66. The van der Waals surface area contributed by atoms with Crippen molar-refractivity contribution in [3.8, 4) is 0 Å². The first-order valence-electron chi connectivity index (χ1n) is 8.22. The number of rotatable bonds is 6. The summed E-state index contributed by atoms with van der Waals surface area (Å²) in [5, 5.41) is 4.10. The van der Waals surface area contributed by atoms with E-state index in [0.717, 1.165) is 21.9 Å². The van der Waals surface area contributed by atoms with Crippen molar-refractivity contribution in [2.24, 2.45) is 5.10 Å². The Balaban J connectivity index is 2.10. The van der Waals surface area contributed by atoms with Gasteiger partial charge in [-0.1, -0.05) is 31.2 Å². The zero-order chi connectivity index (χ0) is 19.3. The second-order valence-corrected chi connectivity index (χ2v) is 8.15. The lowest BCUT2D eigenvalue weighted by molar-refractivity contribution is 0.0955. The van der Waals surface area contributed by atoms with Crippen LogP contribution in [0.4, 0.5) is 0 Å². The Morgan fingerprint density at radius 2 is 1.54 bits per heavy atom. The van der Waals surface area contributed by atoms with E-state index in [2.05, 4.69) is 17.5 Å². The van der Waals surface area contributed by atoms with Gasteiger partial charge in [0.2, 0.25) is 10.0 Å². The van der Waals surface area contributed by atoms with E-state index in [4.69, 9.17) is 0 Å². The first-order chi connectivity index (χ1) is 12.3. The quantitative estimate of drug-likeness (QED) is 0.624. The van der Waals surface area contributed by atoms with E-state index in [1.807, 2.05) is 12.1 Å². The molecule has 0 aliphatic heterocycles. The molecule has 138 valence electrons. The number of nitrogens with zero attached hydrogens (tertiary/aromatic N) is 2. The Bertz CT molecular complexity index is 900. The lowest BCUT2D eigenvalue weighted by atomic mass is 10.1. The molecule has 0 saturated heterocycles.